The van der Waals surface area contributed by atoms with Gasteiger partial charge in [0.2, 0.25) is 5.91 Å². The van der Waals surface area contributed by atoms with Crippen LogP contribution in [0.2, 0.25) is 0 Å². The van der Waals surface area contributed by atoms with E-state index < -0.39 is 9.84 Å². The molecule has 1 amide bonds. The van der Waals surface area contributed by atoms with Crippen LogP contribution in [0.1, 0.15) is 6.92 Å². The second-order valence-electron chi connectivity index (χ2n) is 7.09. The number of nitrogens with zero attached hydrogens (tertiary/aromatic N) is 2. The largest absolute Gasteiger partial charge is 1.00 e. The fraction of sp³-hybridized carbons (Fsp3) is 0.190. The Kier molecular flexibility index (Phi) is 23.4. The normalized spacial score (nSPS) is 11.0. The molecule has 3 rings (SSSR count). The zero-order valence-electron chi connectivity index (χ0n) is 22.4. The minimum Gasteiger partial charge on any atom is 1.00 e. The average Bonchev–Trinajstić information content (AvgIpc) is 2.91. The molecule has 0 saturated carbocycles. The molecule has 0 radical (unpaired) electrons. The first-order valence-electron chi connectivity index (χ1n) is 10.5. The van der Waals surface area contributed by atoms with E-state index in [1.165, 1.54) is 31.2 Å². The standard InChI is InChI=1S/C20H19N3O11S3.CH3I2.2Na/c1-12(24)21-15-4-7-17-13(10-15)11-18(35-33-31-26)19(20(17)25)23-22-14-2-5-16(6-3-14)37(28,29)9-8-30-36-34-32-27;1-3-2;;/h2-7,10-11,25-27H,8-9H2,1H3,(H,21,24);1H3;;/q;-1;2*+1/p-2. The van der Waals surface area contributed by atoms with E-state index in [1.54, 1.807) is 24.3 Å². The number of phenolic OH excluding ortho intramolecular Hbond substituents is 1. The third kappa shape index (κ3) is 14.4. The Morgan fingerprint density at radius 1 is 1.07 bits per heavy atom. The minimum atomic E-state index is -3.71. The number of carbonyl (C=O) groups excluding carboxylic acids is 1. The van der Waals surface area contributed by atoms with Crippen LogP contribution < -0.4 is 92.2 Å². The van der Waals surface area contributed by atoms with Crippen LogP contribution in [0.25, 0.3) is 10.8 Å². The number of azo groups is 1. The molecule has 42 heavy (non-hydrogen) atoms. The maximum atomic E-state index is 12.4. The van der Waals surface area contributed by atoms with E-state index >= 15 is 0 Å². The number of phenols is 1. The molecule has 0 heterocycles. The van der Waals surface area contributed by atoms with E-state index in [1.807, 2.05) is 0 Å². The van der Waals surface area contributed by atoms with Gasteiger partial charge in [-0.1, -0.05) is 0 Å². The summed E-state index contributed by atoms with van der Waals surface area (Å²) in [5.74, 6) is -0.950. The van der Waals surface area contributed by atoms with Gasteiger partial charge in [0.05, 0.1) is 39.9 Å². The number of halogens is 2. The number of rotatable bonds is 13. The van der Waals surface area contributed by atoms with Crippen LogP contribution >= 0.6 is 43.0 Å². The molecular weight excluding hydrogens is 866 g/mol. The summed E-state index contributed by atoms with van der Waals surface area (Å²) in [5.41, 5.74) is 0.692. The van der Waals surface area contributed by atoms with Crippen LogP contribution in [0.3, 0.4) is 0 Å². The second-order valence-corrected chi connectivity index (χ2v) is 16.7. The molecule has 3 aromatic carbocycles. The summed E-state index contributed by atoms with van der Waals surface area (Å²) in [4.78, 5) is 13.7. The first-order chi connectivity index (χ1) is 19.2. The van der Waals surface area contributed by atoms with Crippen molar-refractivity contribution >= 4 is 86.6 Å². The molecule has 0 aromatic heterocycles. The van der Waals surface area contributed by atoms with Crippen molar-refractivity contribution in [3.05, 3.63) is 48.5 Å². The summed E-state index contributed by atoms with van der Waals surface area (Å²) >= 11 is 3.65. The van der Waals surface area contributed by atoms with Gasteiger partial charge in [-0.3, -0.25) is 19.1 Å². The zero-order chi connectivity index (χ0) is 29.5. The predicted molar refractivity (Wildman–Crippen MR) is 146 cm³/mol. The Bertz CT molecular complexity index is 1410. The molecule has 0 atom stereocenters. The van der Waals surface area contributed by atoms with Gasteiger partial charge in [-0.05, 0) is 53.9 Å². The van der Waals surface area contributed by atoms with Gasteiger partial charge in [-0.25, -0.2) is 8.42 Å². The van der Waals surface area contributed by atoms with Crippen molar-refractivity contribution < 1.29 is 128 Å². The number of nitrogens with one attached hydrogen (secondary N) is 1. The van der Waals surface area contributed by atoms with E-state index in [4.69, 9.17) is 4.18 Å². The number of hydrogen-bond donors (Lipinski definition) is 2. The second kappa shape index (κ2) is 23.0. The molecule has 0 aliphatic carbocycles. The third-order valence-corrected chi connectivity index (χ3v) is 7.21. The molecule has 3 aromatic rings. The van der Waals surface area contributed by atoms with Crippen molar-refractivity contribution in [3.8, 4) is 5.75 Å². The SMILES string of the molecule is CC(=O)Nc1ccc2c(O)c(N=Nc3ccc(S(=O)(=O)CCOSOO[O-])cc3)c(SOO[O-])cc2c1.C[I-]I.[Na+].[Na+]. The Morgan fingerprint density at radius 2 is 1.71 bits per heavy atom. The monoisotopic (exact) mass is 886 g/mol. The number of fused-ring (bicyclic) bond motifs is 1. The fourth-order valence-electron chi connectivity index (χ4n) is 3.00. The summed E-state index contributed by atoms with van der Waals surface area (Å²) in [5, 5.41) is 48.9. The van der Waals surface area contributed by atoms with E-state index in [-0.39, 0.29) is 117 Å². The van der Waals surface area contributed by atoms with Gasteiger partial charge in [0.25, 0.3) is 0 Å². The summed E-state index contributed by atoms with van der Waals surface area (Å²) in [7, 11) is -3.71. The number of carbonyl (C=O) groups is 1. The molecule has 0 aliphatic heterocycles. The summed E-state index contributed by atoms with van der Waals surface area (Å²) < 4.78 is 37.7. The number of benzene rings is 3. The molecular formula is C21H20I2N3Na2O11S3-. The van der Waals surface area contributed by atoms with Crippen LogP contribution in [0.4, 0.5) is 17.1 Å². The summed E-state index contributed by atoms with van der Waals surface area (Å²) in [6.07, 6.45) is 0. The Hall–Kier alpha value is 0.620. The minimum absolute atomic E-state index is 0. The van der Waals surface area contributed by atoms with Gasteiger partial charge in [-0.15, -0.1) is 9.45 Å². The zero-order valence-corrected chi connectivity index (χ0v) is 33.2. The van der Waals surface area contributed by atoms with Crippen LogP contribution in [0.15, 0.2) is 68.6 Å². The maximum absolute atomic E-state index is 12.4. The number of amides is 1. The third-order valence-electron chi connectivity index (χ3n) is 4.52. The number of aromatic hydroxyl groups is 1. The maximum Gasteiger partial charge on any atom is 1.00 e. The van der Waals surface area contributed by atoms with Crippen molar-refractivity contribution in [2.45, 2.75) is 16.7 Å². The Labute approximate surface area is 314 Å². The van der Waals surface area contributed by atoms with E-state index in [9.17, 15) is 28.8 Å². The fourth-order valence-corrected chi connectivity index (χ4v) is 4.90. The molecule has 0 unspecified atom stereocenters. The van der Waals surface area contributed by atoms with Gasteiger partial charge < -0.3 is 20.9 Å². The summed E-state index contributed by atoms with van der Waals surface area (Å²) in [6, 6.07) is 11.7. The van der Waals surface area contributed by atoms with Gasteiger partial charge in [0.1, 0.15) is 5.69 Å². The number of hydrogen-bond acceptors (Lipinski definition) is 15. The predicted octanol–water partition coefficient (Wildman–Crippen LogP) is -5.21. The van der Waals surface area contributed by atoms with Crippen molar-refractivity contribution in [2.24, 2.45) is 10.2 Å². The molecule has 0 aliphatic rings. The van der Waals surface area contributed by atoms with Crippen LogP contribution in [-0.4, -0.2) is 36.7 Å². The van der Waals surface area contributed by atoms with Crippen molar-refractivity contribution in [2.75, 3.05) is 22.6 Å². The molecule has 0 saturated heterocycles. The van der Waals surface area contributed by atoms with E-state index in [0.29, 0.717) is 45.7 Å². The van der Waals surface area contributed by atoms with Gasteiger partial charge in [0.15, 0.2) is 27.9 Å². The van der Waals surface area contributed by atoms with Crippen molar-refractivity contribution in [1.82, 2.24) is 0 Å². The van der Waals surface area contributed by atoms with Crippen LogP contribution in [0, 0.1) is 0 Å². The van der Waals surface area contributed by atoms with E-state index in [0.717, 1.165) is 0 Å². The van der Waals surface area contributed by atoms with Crippen molar-refractivity contribution in [3.63, 3.8) is 0 Å². The number of anilines is 1. The molecule has 0 bridgehead atoms. The molecule has 0 spiro atoms. The summed E-state index contributed by atoms with van der Waals surface area (Å²) in [6.45, 7) is 1.09. The topological polar surface area (TPSA) is 200 Å². The average molecular weight is 886 g/mol. The Morgan fingerprint density at radius 3 is 2.31 bits per heavy atom. The Balaban J connectivity index is 0.00000322. The molecule has 14 nitrogen and oxygen atoms in total. The van der Waals surface area contributed by atoms with Crippen LogP contribution in [0.5, 0.6) is 5.75 Å². The molecule has 0 fully saturated rings. The van der Waals surface area contributed by atoms with E-state index in [2.05, 4.69) is 57.8 Å². The number of alkyl halides is 1. The quantitative estimate of drug-likeness (QED) is 0.0242. The molecule has 21 heteroatoms. The van der Waals surface area contributed by atoms with Crippen molar-refractivity contribution in [1.29, 1.82) is 0 Å². The smallest absolute Gasteiger partial charge is 1.00 e. The first kappa shape index (κ1) is 42.6. The number of sulfone groups is 1. The molecule has 2 N–H and O–H groups in total. The van der Waals surface area contributed by atoms with Crippen LogP contribution in [-0.2, 0) is 37.6 Å². The van der Waals surface area contributed by atoms with Gasteiger partial charge >= 0.3 is 99.9 Å². The first-order valence-corrected chi connectivity index (χ1v) is 22.0. The van der Waals surface area contributed by atoms with Gasteiger partial charge in [0, 0.05) is 18.0 Å². The molecule has 220 valence electrons. The van der Waals surface area contributed by atoms with Gasteiger partial charge in [-0.2, -0.15) is 9.45 Å².